The normalized spacial score (nSPS) is 15.2. The molecule has 0 bridgehead atoms. The summed E-state index contributed by atoms with van der Waals surface area (Å²) in [4.78, 5) is 0. The standard InChI is InChI=1S/C16H22O2/c1-13(2)11-16(18,12-14(3)9-10-17)15-7-5-4-6-8-15/h4-9,17-18H,1,10-12H2,2-3H3/b14-9-/t16-/m0/s1. The van der Waals surface area contributed by atoms with Gasteiger partial charge in [0.05, 0.1) is 12.2 Å². The van der Waals surface area contributed by atoms with Gasteiger partial charge in [0, 0.05) is 12.8 Å². The van der Waals surface area contributed by atoms with Gasteiger partial charge in [-0.3, -0.25) is 0 Å². The molecule has 0 saturated carbocycles. The van der Waals surface area contributed by atoms with Crippen molar-refractivity contribution in [3.8, 4) is 0 Å². The van der Waals surface area contributed by atoms with Gasteiger partial charge in [0.15, 0.2) is 0 Å². The predicted octanol–water partition coefficient (Wildman–Crippen LogP) is 3.17. The molecule has 1 aromatic rings. The molecule has 0 spiro atoms. The molecule has 0 radical (unpaired) electrons. The minimum atomic E-state index is -0.942. The van der Waals surface area contributed by atoms with E-state index in [1.807, 2.05) is 44.2 Å². The van der Waals surface area contributed by atoms with E-state index in [-0.39, 0.29) is 6.61 Å². The van der Waals surface area contributed by atoms with Gasteiger partial charge in [-0.25, -0.2) is 0 Å². The summed E-state index contributed by atoms with van der Waals surface area (Å²) in [6, 6.07) is 9.62. The van der Waals surface area contributed by atoms with E-state index < -0.39 is 5.60 Å². The smallest absolute Gasteiger partial charge is 0.0970 e. The number of rotatable bonds is 6. The summed E-state index contributed by atoms with van der Waals surface area (Å²) in [5.41, 5.74) is 1.87. The predicted molar refractivity (Wildman–Crippen MR) is 75.2 cm³/mol. The van der Waals surface area contributed by atoms with Gasteiger partial charge in [-0.2, -0.15) is 0 Å². The topological polar surface area (TPSA) is 40.5 Å². The molecule has 98 valence electrons. The van der Waals surface area contributed by atoms with Crippen molar-refractivity contribution in [2.45, 2.75) is 32.3 Å². The second kappa shape index (κ2) is 6.53. The Morgan fingerprint density at radius 3 is 2.33 bits per heavy atom. The first-order chi connectivity index (χ1) is 8.48. The lowest BCUT2D eigenvalue weighted by molar-refractivity contribution is 0.0372. The third-order valence-electron chi connectivity index (χ3n) is 2.92. The molecule has 0 fully saturated rings. The maximum atomic E-state index is 10.9. The quantitative estimate of drug-likeness (QED) is 0.757. The van der Waals surface area contributed by atoms with Crippen LogP contribution < -0.4 is 0 Å². The van der Waals surface area contributed by atoms with Gasteiger partial charge in [0.25, 0.3) is 0 Å². The lowest BCUT2D eigenvalue weighted by atomic mass is 9.82. The molecule has 2 N–H and O–H groups in total. The first-order valence-corrected chi connectivity index (χ1v) is 6.17. The molecule has 0 saturated heterocycles. The van der Waals surface area contributed by atoms with Crippen LogP contribution in [0.1, 0.15) is 32.3 Å². The number of aliphatic hydroxyl groups is 2. The van der Waals surface area contributed by atoms with Crippen LogP contribution in [0.4, 0.5) is 0 Å². The average Bonchev–Trinajstić information content (AvgIpc) is 2.29. The summed E-state index contributed by atoms with van der Waals surface area (Å²) in [5.74, 6) is 0. The highest BCUT2D eigenvalue weighted by Gasteiger charge is 2.29. The van der Waals surface area contributed by atoms with E-state index in [1.54, 1.807) is 6.08 Å². The molecular formula is C16H22O2. The first-order valence-electron chi connectivity index (χ1n) is 6.17. The molecule has 1 rings (SSSR count). The van der Waals surface area contributed by atoms with E-state index in [0.717, 1.165) is 16.7 Å². The van der Waals surface area contributed by atoms with Crippen molar-refractivity contribution in [2.24, 2.45) is 0 Å². The van der Waals surface area contributed by atoms with Crippen LogP contribution >= 0.6 is 0 Å². The average molecular weight is 246 g/mol. The molecule has 0 aromatic heterocycles. The summed E-state index contributed by atoms with van der Waals surface area (Å²) >= 11 is 0. The van der Waals surface area contributed by atoms with Gasteiger partial charge in [-0.05, 0) is 19.4 Å². The van der Waals surface area contributed by atoms with Crippen molar-refractivity contribution in [3.63, 3.8) is 0 Å². The van der Waals surface area contributed by atoms with Crippen LogP contribution in [0.5, 0.6) is 0 Å². The Hall–Kier alpha value is -1.38. The molecular weight excluding hydrogens is 224 g/mol. The highest BCUT2D eigenvalue weighted by Crippen LogP contribution is 2.34. The number of aliphatic hydroxyl groups excluding tert-OH is 1. The second-order valence-corrected chi connectivity index (χ2v) is 4.94. The minimum Gasteiger partial charge on any atom is -0.392 e. The number of hydrogen-bond donors (Lipinski definition) is 2. The Kier molecular flexibility index (Phi) is 5.32. The summed E-state index contributed by atoms with van der Waals surface area (Å²) in [5, 5.41) is 19.8. The maximum absolute atomic E-state index is 10.9. The minimum absolute atomic E-state index is 0.00374. The van der Waals surface area contributed by atoms with E-state index in [0.29, 0.717) is 12.8 Å². The molecule has 1 atom stereocenters. The van der Waals surface area contributed by atoms with Gasteiger partial charge >= 0.3 is 0 Å². The Balaban J connectivity index is 3.03. The van der Waals surface area contributed by atoms with Crippen LogP contribution in [0, 0.1) is 0 Å². The van der Waals surface area contributed by atoms with Gasteiger partial charge < -0.3 is 10.2 Å². The number of hydrogen-bond acceptors (Lipinski definition) is 2. The molecule has 1 aromatic carbocycles. The third kappa shape index (κ3) is 4.13. The molecule has 0 aliphatic heterocycles. The van der Waals surface area contributed by atoms with E-state index in [9.17, 15) is 5.11 Å². The lowest BCUT2D eigenvalue weighted by Crippen LogP contribution is -2.26. The fourth-order valence-corrected chi connectivity index (χ4v) is 2.20. The SMILES string of the molecule is C=C(C)C[C@](O)(C/C(C)=C\CO)c1ccccc1. The highest BCUT2D eigenvalue weighted by molar-refractivity contribution is 5.26. The van der Waals surface area contributed by atoms with Crippen molar-refractivity contribution >= 4 is 0 Å². The maximum Gasteiger partial charge on any atom is 0.0970 e. The fraction of sp³-hybridized carbons (Fsp3) is 0.375. The van der Waals surface area contributed by atoms with Crippen molar-refractivity contribution in [3.05, 3.63) is 59.7 Å². The van der Waals surface area contributed by atoms with Crippen LogP contribution in [-0.2, 0) is 5.60 Å². The number of benzene rings is 1. The van der Waals surface area contributed by atoms with Crippen LogP contribution in [0.3, 0.4) is 0 Å². The molecule has 0 amide bonds. The fourth-order valence-electron chi connectivity index (χ4n) is 2.20. The molecule has 2 heteroatoms. The summed E-state index contributed by atoms with van der Waals surface area (Å²) in [6.45, 7) is 7.73. The zero-order valence-electron chi connectivity index (χ0n) is 11.2. The van der Waals surface area contributed by atoms with E-state index >= 15 is 0 Å². The van der Waals surface area contributed by atoms with Crippen molar-refractivity contribution in [1.82, 2.24) is 0 Å². The van der Waals surface area contributed by atoms with Gasteiger partial charge in [-0.15, -0.1) is 6.58 Å². The molecule has 18 heavy (non-hydrogen) atoms. The zero-order valence-corrected chi connectivity index (χ0v) is 11.2. The zero-order chi connectivity index (χ0) is 13.6. The van der Waals surface area contributed by atoms with Crippen molar-refractivity contribution in [2.75, 3.05) is 6.61 Å². The summed E-state index contributed by atoms with van der Waals surface area (Å²) in [7, 11) is 0. The van der Waals surface area contributed by atoms with Gasteiger partial charge in [0.1, 0.15) is 0 Å². The second-order valence-electron chi connectivity index (χ2n) is 4.94. The Labute approximate surface area is 109 Å². The van der Waals surface area contributed by atoms with Crippen molar-refractivity contribution in [1.29, 1.82) is 0 Å². The van der Waals surface area contributed by atoms with E-state index in [4.69, 9.17) is 5.11 Å². The molecule has 0 aliphatic carbocycles. The van der Waals surface area contributed by atoms with E-state index in [2.05, 4.69) is 6.58 Å². The van der Waals surface area contributed by atoms with Crippen LogP contribution in [-0.4, -0.2) is 16.8 Å². The van der Waals surface area contributed by atoms with Gasteiger partial charge in [0.2, 0.25) is 0 Å². The molecule has 0 unspecified atom stereocenters. The van der Waals surface area contributed by atoms with Crippen LogP contribution in [0.15, 0.2) is 54.1 Å². The largest absolute Gasteiger partial charge is 0.392 e. The monoisotopic (exact) mass is 246 g/mol. The highest BCUT2D eigenvalue weighted by atomic mass is 16.3. The molecule has 0 aliphatic rings. The van der Waals surface area contributed by atoms with Crippen LogP contribution in [0.25, 0.3) is 0 Å². The summed E-state index contributed by atoms with van der Waals surface area (Å²) < 4.78 is 0. The van der Waals surface area contributed by atoms with Gasteiger partial charge in [-0.1, -0.05) is 47.6 Å². The Morgan fingerprint density at radius 2 is 1.83 bits per heavy atom. The van der Waals surface area contributed by atoms with Crippen molar-refractivity contribution < 1.29 is 10.2 Å². The third-order valence-corrected chi connectivity index (χ3v) is 2.92. The lowest BCUT2D eigenvalue weighted by Gasteiger charge is -2.29. The Morgan fingerprint density at radius 1 is 1.22 bits per heavy atom. The molecule has 0 heterocycles. The Bertz CT molecular complexity index is 420. The molecule has 2 nitrogen and oxygen atoms in total. The summed E-state index contributed by atoms with van der Waals surface area (Å²) in [6.07, 6.45) is 2.75. The van der Waals surface area contributed by atoms with E-state index in [1.165, 1.54) is 0 Å². The van der Waals surface area contributed by atoms with Crippen LogP contribution in [0.2, 0.25) is 0 Å². The first kappa shape index (κ1) is 14.7.